The van der Waals surface area contributed by atoms with Crippen LogP contribution in [-0.2, 0) is 14.6 Å². The van der Waals surface area contributed by atoms with Gasteiger partial charge in [-0.1, -0.05) is 29.4 Å². The number of thioether (sulfide) groups is 1. The van der Waals surface area contributed by atoms with E-state index in [1.165, 1.54) is 12.1 Å². The highest BCUT2D eigenvalue weighted by molar-refractivity contribution is 7.99. The van der Waals surface area contributed by atoms with Gasteiger partial charge < -0.3 is 10.3 Å². The number of carbonyl (C=O) groups excluding carboxylic acids is 1. The lowest BCUT2D eigenvalue weighted by atomic mass is 10.1. The van der Waals surface area contributed by atoms with Gasteiger partial charge in [0, 0.05) is 10.7 Å². The summed E-state index contributed by atoms with van der Waals surface area (Å²) >= 11 is 6.79. The Kier molecular flexibility index (Phi) is 6.64. The highest BCUT2D eigenvalue weighted by atomic mass is 35.5. The molecule has 0 fully saturated rings. The topological polar surface area (TPSA) is 109 Å². The summed E-state index contributed by atoms with van der Waals surface area (Å²) in [4.78, 5) is 30.4. The van der Waals surface area contributed by atoms with Gasteiger partial charge in [0.15, 0.2) is 10.1 Å². The van der Waals surface area contributed by atoms with Gasteiger partial charge in [0.1, 0.15) is 0 Å². The largest absolute Gasteiger partial charge is 0.325 e. The third-order valence-corrected chi connectivity index (χ3v) is 7.17. The second kappa shape index (κ2) is 9.03. The summed E-state index contributed by atoms with van der Waals surface area (Å²) < 4.78 is 25.6. The summed E-state index contributed by atoms with van der Waals surface area (Å²) in [5, 5.41) is 3.39. The monoisotopic (exact) mass is 463 g/mol. The number of aromatic amines is 1. The van der Waals surface area contributed by atoms with Gasteiger partial charge in [-0.25, -0.2) is 13.4 Å². The van der Waals surface area contributed by atoms with Crippen LogP contribution in [0.1, 0.15) is 11.1 Å². The first kappa shape index (κ1) is 22.1. The van der Waals surface area contributed by atoms with Crippen molar-refractivity contribution in [3.8, 4) is 0 Å². The van der Waals surface area contributed by atoms with E-state index in [1.54, 1.807) is 37.3 Å². The Morgan fingerprint density at radius 1 is 1.13 bits per heavy atom. The van der Waals surface area contributed by atoms with Gasteiger partial charge in [0.05, 0.1) is 16.8 Å². The molecule has 0 unspecified atom stereocenters. The van der Waals surface area contributed by atoms with Crippen LogP contribution in [0.25, 0.3) is 0 Å². The molecule has 1 heterocycles. The molecular formula is C20H18ClN3O4S2. The summed E-state index contributed by atoms with van der Waals surface area (Å²) in [6.07, 6.45) is 1.02. The molecule has 0 aliphatic heterocycles. The third-order valence-electron chi connectivity index (χ3n) is 4.29. The van der Waals surface area contributed by atoms with Crippen LogP contribution >= 0.6 is 23.4 Å². The highest BCUT2D eigenvalue weighted by Gasteiger charge is 2.23. The number of aromatic nitrogens is 2. The Morgan fingerprint density at radius 2 is 1.83 bits per heavy atom. The first-order chi connectivity index (χ1) is 14.2. The quantitative estimate of drug-likeness (QED) is 0.427. The molecular weight excluding hydrogens is 446 g/mol. The van der Waals surface area contributed by atoms with Crippen molar-refractivity contribution < 1.29 is 13.2 Å². The van der Waals surface area contributed by atoms with Crippen molar-refractivity contribution in [1.82, 2.24) is 9.97 Å². The van der Waals surface area contributed by atoms with Crippen LogP contribution in [0.3, 0.4) is 0 Å². The van der Waals surface area contributed by atoms with E-state index in [9.17, 15) is 18.0 Å². The highest BCUT2D eigenvalue weighted by Crippen LogP contribution is 2.21. The molecule has 0 saturated heterocycles. The number of benzene rings is 2. The van der Waals surface area contributed by atoms with Crippen molar-refractivity contribution >= 4 is 44.8 Å². The number of amides is 1. The van der Waals surface area contributed by atoms with Crippen molar-refractivity contribution in [3.05, 3.63) is 75.2 Å². The Labute approximate surface area is 182 Å². The molecule has 3 rings (SSSR count). The van der Waals surface area contributed by atoms with Crippen LogP contribution in [0.15, 0.2) is 68.4 Å². The summed E-state index contributed by atoms with van der Waals surface area (Å²) in [5.74, 6) is -0.328. The van der Waals surface area contributed by atoms with Crippen LogP contribution < -0.4 is 10.9 Å². The van der Waals surface area contributed by atoms with Crippen LogP contribution in [0, 0.1) is 13.8 Å². The van der Waals surface area contributed by atoms with Crippen LogP contribution in [0.4, 0.5) is 5.69 Å². The Bertz CT molecular complexity index is 1260. The van der Waals surface area contributed by atoms with Crippen LogP contribution in [0.5, 0.6) is 0 Å². The van der Waals surface area contributed by atoms with Gasteiger partial charge in [-0.2, -0.15) is 0 Å². The minimum absolute atomic E-state index is 0.0190. The van der Waals surface area contributed by atoms with Crippen molar-refractivity contribution in [2.75, 3.05) is 11.1 Å². The number of hydrogen-bond donors (Lipinski definition) is 2. The number of rotatable bonds is 6. The Hall–Kier alpha value is -2.62. The van der Waals surface area contributed by atoms with E-state index in [0.29, 0.717) is 10.7 Å². The molecule has 156 valence electrons. The zero-order valence-corrected chi connectivity index (χ0v) is 18.5. The number of carbonyl (C=O) groups is 1. The molecule has 30 heavy (non-hydrogen) atoms. The molecule has 2 aromatic carbocycles. The lowest BCUT2D eigenvalue weighted by Crippen LogP contribution is -2.20. The molecule has 10 heteroatoms. The lowest BCUT2D eigenvalue weighted by Gasteiger charge is -2.07. The average Bonchev–Trinajstić information content (AvgIpc) is 2.70. The first-order valence-corrected chi connectivity index (χ1v) is 11.6. The molecule has 0 saturated carbocycles. The van der Waals surface area contributed by atoms with Crippen molar-refractivity contribution in [2.24, 2.45) is 0 Å². The molecule has 2 N–H and O–H groups in total. The zero-order valence-electron chi connectivity index (χ0n) is 16.1. The predicted molar refractivity (Wildman–Crippen MR) is 117 cm³/mol. The summed E-state index contributed by atoms with van der Waals surface area (Å²) in [5.41, 5.74) is 1.55. The molecule has 0 aliphatic carbocycles. The molecule has 0 spiro atoms. The number of nitrogens with one attached hydrogen (secondary N) is 2. The fourth-order valence-electron chi connectivity index (χ4n) is 2.50. The molecule has 3 aromatic rings. The van der Waals surface area contributed by atoms with Gasteiger partial charge in [-0.3, -0.25) is 9.59 Å². The maximum absolute atomic E-state index is 12.8. The van der Waals surface area contributed by atoms with E-state index in [-0.39, 0.29) is 21.7 Å². The van der Waals surface area contributed by atoms with Crippen molar-refractivity contribution in [2.45, 2.75) is 28.8 Å². The predicted octanol–water partition coefficient (Wildman–Crippen LogP) is 3.60. The van der Waals surface area contributed by atoms with E-state index < -0.39 is 20.3 Å². The first-order valence-electron chi connectivity index (χ1n) is 8.77. The second-order valence-electron chi connectivity index (χ2n) is 6.47. The van der Waals surface area contributed by atoms with Gasteiger partial charge in [0.25, 0.3) is 5.56 Å². The van der Waals surface area contributed by atoms with Crippen molar-refractivity contribution in [3.63, 3.8) is 0 Å². The van der Waals surface area contributed by atoms with Crippen molar-refractivity contribution in [1.29, 1.82) is 0 Å². The Balaban J connectivity index is 1.71. The molecule has 0 atom stereocenters. The average molecular weight is 464 g/mol. The number of sulfone groups is 1. The van der Waals surface area contributed by atoms with Gasteiger partial charge >= 0.3 is 0 Å². The number of hydrogen-bond acceptors (Lipinski definition) is 6. The Morgan fingerprint density at radius 3 is 2.47 bits per heavy atom. The number of aryl methyl sites for hydroxylation is 2. The molecule has 7 nitrogen and oxygen atoms in total. The molecule has 0 bridgehead atoms. The number of H-pyrrole nitrogens is 1. The number of halogens is 1. The third kappa shape index (κ3) is 5.10. The minimum atomic E-state index is -4.01. The number of anilines is 1. The van der Waals surface area contributed by atoms with E-state index in [4.69, 9.17) is 11.6 Å². The summed E-state index contributed by atoms with van der Waals surface area (Å²) in [6.45, 7) is 3.67. The maximum Gasteiger partial charge on any atom is 0.270 e. The molecule has 0 radical (unpaired) electrons. The second-order valence-corrected chi connectivity index (χ2v) is 9.79. The number of nitrogens with zero attached hydrogens (tertiary/aromatic N) is 1. The van der Waals surface area contributed by atoms with Gasteiger partial charge in [-0.05, 0) is 61.4 Å². The fraction of sp³-hybridized carbons (Fsp3) is 0.150. The minimum Gasteiger partial charge on any atom is -0.325 e. The SMILES string of the molecule is Cc1ccc(S(=O)(=O)c2cnc(SCC(=O)Nc3ccc(Cl)cc3)[nH]c2=O)cc1C. The standard InChI is InChI=1S/C20H18ClN3O4S2/c1-12-3-8-16(9-13(12)2)30(27,28)17-10-22-20(24-19(17)26)29-11-18(25)23-15-6-4-14(21)5-7-15/h3-10H,11H2,1-2H3,(H,23,25)(H,22,24,26). The van der Waals surface area contributed by atoms with Gasteiger partial charge in [-0.15, -0.1) is 0 Å². The molecule has 0 aliphatic rings. The zero-order chi connectivity index (χ0) is 21.9. The molecule has 1 amide bonds. The van der Waals surface area contributed by atoms with Gasteiger partial charge in [0.2, 0.25) is 15.7 Å². The molecule has 1 aromatic heterocycles. The normalized spacial score (nSPS) is 11.3. The maximum atomic E-state index is 12.8. The summed E-state index contributed by atoms with van der Waals surface area (Å²) in [7, 11) is -4.01. The van der Waals surface area contributed by atoms with E-state index in [2.05, 4.69) is 15.3 Å². The smallest absolute Gasteiger partial charge is 0.270 e. The van der Waals surface area contributed by atoms with Crippen LogP contribution in [-0.4, -0.2) is 30.0 Å². The van der Waals surface area contributed by atoms with E-state index >= 15 is 0 Å². The fourth-order valence-corrected chi connectivity index (χ4v) is 4.58. The van der Waals surface area contributed by atoms with Crippen LogP contribution in [0.2, 0.25) is 5.02 Å². The van der Waals surface area contributed by atoms with E-state index in [0.717, 1.165) is 29.1 Å². The lowest BCUT2D eigenvalue weighted by molar-refractivity contribution is -0.113. The summed E-state index contributed by atoms with van der Waals surface area (Å²) in [6, 6.07) is 11.3. The van der Waals surface area contributed by atoms with E-state index in [1.807, 2.05) is 6.92 Å².